The summed E-state index contributed by atoms with van der Waals surface area (Å²) in [7, 11) is 1.67. The van der Waals surface area contributed by atoms with Crippen LogP contribution >= 0.6 is 23.2 Å². The highest BCUT2D eigenvalue weighted by Crippen LogP contribution is 2.33. The second kappa shape index (κ2) is 9.11. The number of rotatable bonds is 7. The Kier molecular flexibility index (Phi) is 6.86. The van der Waals surface area contributed by atoms with Crippen LogP contribution in [-0.2, 0) is 17.6 Å². The van der Waals surface area contributed by atoms with E-state index < -0.39 is 30.1 Å². The molecule has 0 spiro atoms. The highest BCUT2D eigenvalue weighted by atomic mass is 35.5. The summed E-state index contributed by atoms with van der Waals surface area (Å²) >= 11 is 12.3. The summed E-state index contributed by atoms with van der Waals surface area (Å²) in [5, 5.41) is 34.0. The van der Waals surface area contributed by atoms with E-state index in [4.69, 9.17) is 23.2 Å². The van der Waals surface area contributed by atoms with Crippen LogP contribution in [0, 0.1) is 5.92 Å². The number of aliphatic carboxylic acids is 1. The highest BCUT2D eigenvalue weighted by molar-refractivity contribution is 6.45. The number of carboxylic acids is 1. The van der Waals surface area contributed by atoms with Gasteiger partial charge >= 0.3 is 5.97 Å². The molecule has 0 saturated carbocycles. The molecule has 1 heterocycles. The number of benzene rings is 2. The molecule has 2 atom stereocenters. The Labute approximate surface area is 195 Å². The lowest BCUT2D eigenvalue weighted by molar-refractivity contribution is -0.139. The maximum absolute atomic E-state index is 13.0. The van der Waals surface area contributed by atoms with Crippen molar-refractivity contribution in [1.82, 2.24) is 9.88 Å². The van der Waals surface area contributed by atoms with Gasteiger partial charge in [0.15, 0.2) is 5.72 Å². The normalized spacial score (nSPS) is 14.4. The molecule has 0 bridgehead atoms. The van der Waals surface area contributed by atoms with Gasteiger partial charge in [0.05, 0.1) is 22.6 Å². The Bertz CT molecular complexity index is 1170. The first-order valence-electron chi connectivity index (χ1n) is 9.92. The van der Waals surface area contributed by atoms with E-state index in [1.54, 1.807) is 55.8 Å². The maximum atomic E-state index is 13.0. The first kappa shape index (κ1) is 24.1. The van der Waals surface area contributed by atoms with Crippen LogP contribution in [0.25, 0.3) is 10.9 Å². The van der Waals surface area contributed by atoms with Crippen LogP contribution in [0.4, 0.5) is 0 Å². The number of aromatic nitrogens is 1. The summed E-state index contributed by atoms with van der Waals surface area (Å²) in [5.74, 6) is -2.44. The van der Waals surface area contributed by atoms with Crippen molar-refractivity contribution in [3.63, 3.8) is 0 Å². The molecule has 1 amide bonds. The number of nitrogens with zero attached hydrogens (tertiary/aromatic N) is 1. The quantitative estimate of drug-likeness (QED) is 0.385. The van der Waals surface area contributed by atoms with Crippen molar-refractivity contribution in [3.05, 3.63) is 69.3 Å². The molecule has 1 unspecified atom stereocenters. The Hall–Kier alpha value is -2.58. The van der Waals surface area contributed by atoms with Gasteiger partial charge in [-0.15, -0.1) is 0 Å². The van der Waals surface area contributed by atoms with Crippen molar-refractivity contribution in [3.8, 4) is 0 Å². The van der Waals surface area contributed by atoms with Gasteiger partial charge in [0, 0.05) is 23.5 Å². The molecule has 7 nitrogen and oxygen atoms in total. The fourth-order valence-electron chi connectivity index (χ4n) is 3.80. The molecular weight excluding hydrogens is 455 g/mol. The minimum Gasteiger partial charge on any atom is -0.481 e. The second-order valence-corrected chi connectivity index (χ2v) is 8.82. The molecule has 0 radical (unpaired) electrons. The van der Waals surface area contributed by atoms with Gasteiger partial charge in [0.1, 0.15) is 5.69 Å². The van der Waals surface area contributed by atoms with Crippen LogP contribution in [0.2, 0.25) is 10.0 Å². The van der Waals surface area contributed by atoms with Gasteiger partial charge in [0.2, 0.25) is 0 Å². The van der Waals surface area contributed by atoms with Crippen LogP contribution in [-0.4, -0.2) is 38.4 Å². The minimum absolute atomic E-state index is 0.137. The lowest BCUT2D eigenvalue weighted by Gasteiger charge is -2.28. The van der Waals surface area contributed by atoms with Crippen molar-refractivity contribution in [2.24, 2.45) is 13.0 Å². The molecule has 170 valence electrons. The Morgan fingerprint density at radius 2 is 1.75 bits per heavy atom. The van der Waals surface area contributed by atoms with Crippen molar-refractivity contribution in [1.29, 1.82) is 0 Å². The van der Waals surface area contributed by atoms with E-state index in [0.717, 1.165) is 0 Å². The van der Waals surface area contributed by atoms with Crippen LogP contribution < -0.4 is 5.32 Å². The topological polar surface area (TPSA) is 112 Å². The second-order valence-electron chi connectivity index (χ2n) is 8.04. The average molecular weight is 479 g/mol. The number of nitrogens with one attached hydrogen (secondary N) is 1. The molecule has 0 saturated heterocycles. The van der Waals surface area contributed by atoms with E-state index in [2.05, 4.69) is 5.32 Å². The van der Waals surface area contributed by atoms with Gasteiger partial charge in [0.25, 0.3) is 5.91 Å². The molecule has 0 aliphatic carbocycles. The predicted molar refractivity (Wildman–Crippen MR) is 123 cm³/mol. The van der Waals surface area contributed by atoms with E-state index >= 15 is 0 Å². The van der Waals surface area contributed by atoms with Gasteiger partial charge in [-0.2, -0.15) is 0 Å². The third-order valence-electron chi connectivity index (χ3n) is 5.58. The van der Waals surface area contributed by atoms with Crippen molar-refractivity contribution in [2.75, 3.05) is 6.61 Å². The molecule has 3 rings (SSSR count). The number of amides is 1. The largest absolute Gasteiger partial charge is 0.481 e. The van der Waals surface area contributed by atoms with Crippen molar-refractivity contribution < 1.29 is 24.9 Å². The summed E-state index contributed by atoms with van der Waals surface area (Å²) in [6.45, 7) is 2.82. The fourth-order valence-corrected chi connectivity index (χ4v) is 4.18. The lowest BCUT2D eigenvalue weighted by atomic mass is 9.87. The average Bonchev–Trinajstić information content (AvgIpc) is 3.08. The summed E-state index contributed by atoms with van der Waals surface area (Å²) in [4.78, 5) is 24.5. The smallest absolute Gasteiger partial charge is 0.311 e. The van der Waals surface area contributed by atoms with Gasteiger partial charge in [-0.1, -0.05) is 61.3 Å². The zero-order chi connectivity index (χ0) is 23.8. The molecule has 0 aliphatic heterocycles. The minimum atomic E-state index is -2.08. The monoisotopic (exact) mass is 478 g/mol. The Morgan fingerprint density at radius 3 is 2.28 bits per heavy atom. The van der Waals surface area contributed by atoms with Gasteiger partial charge in [-0.25, -0.2) is 0 Å². The van der Waals surface area contributed by atoms with E-state index in [1.807, 2.05) is 0 Å². The first-order valence-corrected chi connectivity index (χ1v) is 10.7. The van der Waals surface area contributed by atoms with Gasteiger partial charge in [-0.05, 0) is 29.7 Å². The number of carbonyl (C=O) groups excluding carboxylic acids is 1. The number of aryl methyl sites for hydroxylation is 1. The zero-order valence-corrected chi connectivity index (χ0v) is 19.3. The number of carboxylic acid groups (broad SMARTS) is 1. The molecule has 0 aliphatic rings. The Morgan fingerprint density at radius 1 is 1.12 bits per heavy atom. The molecule has 9 heteroatoms. The molecule has 3 aromatic rings. The summed E-state index contributed by atoms with van der Waals surface area (Å²) < 4.78 is 1.61. The number of halogens is 2. The molecule has 32 heavy (non-hydrogen) atoms. The van der Waals surface area contributed by atoms with Crippen LogP contribution in [0.5, 0.6) is 0 Å². The molecule has 2 aromatic carbocycles. The number of hydrogen-bond donors (Lipinski definition) is 4. The number of fused-ring (bicyclic) bond motifs is 1. The standard InChI is InChI=1S/C23H24Cl2N2O5/c1-12(2)19(22(30)31)13-4-6-14(7-5-13)23(32,11-28)26-21(29)18-10-15-17(27(18)3)9-8-16(24)20(15)25/h4-10,12,19,28,32H,11H2,1-3H3,(H,26,29)(H,30,31)/t19?,23-/m1/s1. The van der Waals surface area contributed by atoms with Crippen LogP contribution in [0.1, 0.15) is 41.4 Å². The number of aliphatic hydroxyl groups is 2. The summed E-state index contributed by atoms with van der Waals surface area (Å²) in [5.41, 5.74) is -0.425. The van der Waals surface area contributed by atoms with Gasteiger partial charge < -0.3 is 25.2 Å². The van der Waals surface area contributed by atoms with E-state index in [-0.39, 0.29) is 17.2 Å². The fraction of sp³-hybridized carbons (Fsp3) is 0.304. The number of aliphatic hydroxyl groups excluding tert-OH is 1. The first-order chi connectivity index (χ1) is 15.0. The lowest BCUT2D eigenvalue weighted by Crippen LogP contribution is -2.49. The van der Waals surface area contributed by atoms with Crippen LogP contribution in [0.3, 0.4) is 0 Å². The van der Waals surface area contributed by atoms with Gasteiger partial charge in [-0.3, -0.25) is 9.59 Å². The van der Waals surface area contributed by atoms with Crippen molar-refractivity contribution in [2.45, 2.75) is 25.5 Å². The summed E-state index contributed by atoms with van der Waals surface area (Å²) in [6, 6.07) is 11.0. The highest BCUT2D eigenvalue weighted by Gasteiger charge is 2.33. The Balaban J connectivity index is 1.92. The van der Waals surface area contributed by atoms with Crippen LogP contribution in [0.15, 0.2) is 42.5 Å². The number of carbonyl (C=O) groups is 2. The zero-order valence-electron chi connectivity index (χ0n) is 17.8. The van der Waals surface area contributed by atoms with E-state index in [0.29, 0.717) is 26.5 Å². The third kappa shape index (κ3) is 4.34. The third-order valence-corrected chi connectivity index (χ3v) is 6.39. The van der Waals surface area contributed by atoms with Crippen molar-refractivity contribution >= 4 is 46.0 Å². The van der Waals surface area contributed by atoms with E-state index in [9.17, 15) is 24.9 Å². The van der Waals surface area contributed by atoms with E-state index in [1.165, 1.54) is 12.1 Å². The molecule has 4 N–H and O–H groups in total. The molecular formula is C23H24Cl2N2O5. The predicted octanol–water partition coefficient (Wildman–Crippen LogP) is 3.88. The number of hydrogen-bond acceptors (Lipinski definition) is 4. The molecule has 1 aromatic heterocycles. The maximum Gasteiger partial charge on any atom is 0.311 e. The SMILES string of the molecule is CC(C)C(C(=O)O)c1ccc([C@](O)(CO)NC(=O)c2cc3c(Cl)c(Cl)ccc3n2C)cc1. The molecule has 0 fully saturated rings. The summed E-state index contributed by atoms with van der Waals surface area (Å²) in [6.07, 6.45) is 0.